The zero-order valence-corrected chi connectivity index (χ0v) is 14.9. The van der Waals surface area contributed by atoms with E-state index in [1.165, 1.54) is 56.3 Å². The van der Waals surface area contributed by atoms with E-state index in [4.69, 9.17) is 0 Å². The van der Waals surface area contributed by atoms with E-state index in [2.05, 4.69) is 37.8 Å². The van der Waals surface area contributed by atoms with E-state index >= 15 is 0 Å². The molecule has 126 valence electrons. The Kier molecular flexibility index (Phi) is 3.53. The van der Waals surface area contributed by atoms with E-state index in [-0.39, 0.29) is 10.8 Å². The zero-order valence-electron chi connectivity index (χ0n) is 14.9. The second kappa shape index (κ2) is 5.24. The Morgan fingerprint density at radius 1 is 1.26 bits per heavy atom. The summed E-state index contributed by atoms with van der Waals surface area (Å²) in [7, 11) is 0. The van der Waals surface area contributed by atoms with Crippen molar-refractivity contribution in [1.29, 1.82) is 0 Å². The molecular weight excluding hydrogens is 282 g/mol. The van der Waals surface area contributed by atoms with Crippen LogP contribution in [0.2, 0.25) is 0 Å². The number of phenols is 1. The fraction of sp³-hybridized carbons (Fsp3) is 0.714. The predicted molar refractivity (Wildman–Crippen MR) is 94.9 cm³/mol. The first-order chi connectivity index (χ1) is 11.0. The Balaban J connectivity index is 1.75. The second-order valence-corrected chi connectivity index (χ2v) is 8.76. The fourth-order valence-electron chi connectivity index (χ4n) is 5.90. The highest BCUT2D eigenvalue weighted by Crippen LogP contribution is 2.58. The zero-order chi connectivity index (χ0) is 16.2. The Morgan fingerprint density at radius 2 is 2.04 bits per heavy atom. The number of fused-ring (bicyclic) bond motifs is 4. The average molecular weight is 313 g/mol. The van der Waals surface area contributed by atoms with Gasteiger partial charge in [0.15, 0.2) is 0 Å². The second-order valence-electron chi connectivity index (χ2n) is 8.76. The van der Waals surface area contributed by atoms with Gasteiger partial charge in [0.05, 0.1) is 0 Å². The van der Waals surface area contributed by atoms with Gasteiger partial charge in [0.1, 0.15) is 5.75 Å². The summed E-state index contributed by atoms with van der Waals surface area (Å²) in [4.78, 5) is 2.81. The van der Waals surface area contributed by atoms with Gasteiger partial charge in [-0.3, -0.25) is 4.90 Å². The van der Waals surface area contributed by atoms with Crippen molar-refractivity contribution in [3.05, 3.63) is 29.3 Å². The maximum atomic E-state index is 10.1. The molecule has 2 aliphatic carbocycles. The molecule has 1 saturated carbocycles. The van der Waals surface area contributed by atoms with Gasteiger partial charge < -0.3 is 5.11 Å². The highest BCUT2D eigenvalue weighted by Gasteiger charge is 2.57. The Labute approximate surface area is 140 Å². The molecule has 0 radical (unpaired) electrons. The largest absolute Gasteiger partial charge is 0.508 e. The molecule has 4 rings (SSSR count). The summed E-state index contributed by atoms with van der Waals surface area (Å²) in [6, 6.07) is 6.78. The van der Waals surface area contributed by atoms with E-state index in [0.717, 1.165) is 12.3 Å². The minimum absolute atomic E-state index is 0.222. The van der Waals surface area contributed by atoms with Crippen LogP contribution in [0.15, 0.2) is 18.2 Å². The van der Waals surface area contributed by atoms with Crippen molar-refractivity contribution in [3.63, 3.8) is 0 Å². The molecule has 1 aromatic carbocycles. The van der Waals surface area contributed by atoms with Gasteiger partial charge in [-0.2, -0.15) is 0 Å². The fourth-order valence-corrected chi connectivity index (χ4v) is 5.90. The molecule has 2 nitrogen and oxygen atoms in total. The normalized spacial score (nSPS) is 33.1. The Morgan fingerprint density at radius 3 is 2.70 bits per heavy atom. The van der Waals surface area contributed by atoms with Crippen molar-refractivity contribution in [1.82, 2.24) is 4.90 Å². The average Bonchev–Trinajstić information content (AvgIpc) is 2.46. The molecule has 23 heavy (non-hydrogen) atoms. The van der Waals surface area contributed by atoms with Gasteiger partial charge in [0, 0.05) is 18.0 Å². The predicted octanol–water partition coefficient (Wildman–Crippen LogP) is 4.50. The first-order valence-electron chi connectivity index (χ1n) is 9.54. The monoisotopic (exact) mass is 313 g/mol. The summed E-state index contributed by atoms with van der Waals surface area (Å²) in [5.74, 6) is 1.38. The van der Waals surface area contributed by atoms with Gasteiger partial charge >= 0.3 is 0 Å². The van der Waals surface area contributed by atoms with E-state index in [1.807, 2.05) is 6.07 Å². The van der Waals surface area contributed by atoms with Crippen LogP contribution in [0.5, 0.6) is 5.75 Å². The quantitative estimate of drug-likeness (QED) is 0.888. The number of nitrogens with zero attached hydrogens (tertiary/aromatic N) is 1. The number of phenolic OH excluding ortho intramolecular Hbond substituents is 1. The van der Waals surface area contributed by atoms with Gasteiger partial charge in [-0.15, -0.1) is 0 Å². The Bertz CT molecular complexity index is 604. The van der Waals surface area contributed by atoms with Crippen molar-refractivity contribution in [2.45, 2.75) is 70.8 Å². The molecule has 1 N–H and O–H groups in total. The van der Waals surface area contributed by atoms with Crippen LogP contribution in [0, 0.1) is 11.3 Å². The number of rotatable bonds is 3. The van der Waals surface area contributed by atoms with Crippen LogP contribution in [-0.4, -0.2) is 29.1 Å². The number of likely N-dealkylation sites (tertiary alicyclic amines) is 1. The summed E-state index contributed by atoms with van der Waals surface area (Å²) in [5.41, 5.74) is 3.40. The molecule has 1 saturated heterocycles. The lowest BCUT2D eigenvalue weighted by molar-refractivity contribution is -0.0583. The standard InChI is InChI=1S/C21H31NO/c1-4-21-10-11-22(14-15-6-5-7-15)19(20(21,2)3)12-16-8-9-17(23)13-18(16)21/h8-9,13,15,19,23H,4-7,10-12,14H2,1-3H3. The highest BCUT2D eigenvalue weighted by molar-refractivity contribution is 5.46. The minimum Gasteiger partial charge on any atom is -0.508 e. The van der Waals surface area contributed by atoms with Crippen LogP contribution in [0.1, 0.15) is 64.0 Å². The molecule has 2 atom stereocenters. The third-order valence-electron chi connectivity index (χ3n) is 7.68. The number of aromatic hydroxyl groups is 1. The summed E-state index contributed by atoms with van der Waals surface area (Å²) in [5, 5.41) is 10.1. The van der Waals surface area contributed by atoms with Crippen molar-refractivity contribution < 1.29 is 5.11 Å². The number of hydrogen-bond donors (Lipinski definition) is 1. The lowest BCUT2D eigenvalue weighted by Crippen LogP contribution is -2.65. The molecule has 3 aliphatic rings. The minimum atomic E-state index is 0.222. The smallest absolute Gasteiger partial charge is 0.115 e. The van der Waals surface area contributed by atoms with E-state index in [0.29, 0.717) is 11.8 Å². The van der Waals surface area contributed by atoms with Crippen molar-refractivity contribution in [2.75, 3.05) is 13.1 Å². The summed E-state index contributed by atoms with van der Waals surface area (Å²) in [6.45, 7) is 9.86. The third kappa shape index (κ3) is 2.10. The van der Waals surface area contributed by atoms with Crippen LogP contribution >= 0.6 is 0 Å². The van der Waals surface area contributed by atoms with E-state index in [1.54, 1.807) is 0 Å². The first kappa shape index (κ1) is 15.5. The van der Waals surface area contributed by atoms with Crippen LogP contribution < -0.4 is 0 Å². The molecule has 0 spiro atoms. The van der Waals surface area contributed by atoms with Crippen LogP contribution in [0.25, 0.3) is 0 Å². The number of piperidine rings is 1. The van der Waals surface area contributed by atoms with Gasteiger partial charge in [0.2, 0.25) is 0 Å². The van der Waals surface area contributed by atoms with E-state index < -0.39 is 0 Å². The molecule has 2 heteroatoms. The van der Waals surface area contributed by atoms with Gasteiger partial charge in [0.25, 0.3) is 0 Å². The molecule has 0 amide bonds. The SMILES string of the molecule is CCC12CCN(CC3CCC3)C(Cc3ccc(O)cc31)C2(C)C. The van der Waals surface area contributed by atoms with Crippen molar-refractivity contribution in [2.24, 2.45) is 11.3 Å². The van der Waals surface area contributed by atoms with Gasteiger partial charge in [-0.25, -0.2) is 0 Å². The third-order valence-corrected chi connectivity index (χ3v) is 7.68. The van der Waals surface area contributed by atoms with Crippen LogP contribution in [-0.2, 0) is 11.8 Å². The van der Waals surface area contributed by atoms with Crippen molar-refractivity contribution in [3.8, 4) is 5.75 Å². The number of hydrogen-bond acceptors (Lipinski definition) is 2. The summed E-state index contributed by atoms with van der Waals surface area (Å²) in [6.07, 6.45) is 7.87. The highest BCUT2D eigenvalue weighted by atomic mass is 16.3. The maximum Gasteiger partial charge on any atom is 0.115 e. The lowest BCUT2D eigenvalue weighted by atomic mass is 9.49. The molecule has 2 bridgehead atoms. The summed E-state index contributed by atoms with van der Waals surface area (Å²) >= 11 is 0. The van der Waals surface area contributed by atoms with Gasteiger partial charge in [-0.1, -0.05) is 33.3 Å². The van der Waals surface area contributed by atoms with Crippen LogP contribution in [0.3, 0.4) is 0 Å². The molecular formula is C21H31NO. The van der Waals surface area contributed by atoms with E-state index in [9.17, 15) is 5.11 Å². The maximum absolute atomic E-state index is 10.1. The number of benzene rings is 1. The lowest BCUT2D eigenvalue weighted by Gasteiger charge is -2.62. The molecule has 1 aromatic rings. The molecule has 0 aromatic heterocycles. The van der Waals surface area contributed by atoms with Crippen molar-refractivity contribution >= 4 is 0 Å². The Hall–Kier alpha value is -1.02. The molecule has 1 aliphatic heterocycles. The first-order valence-corrected chi connectivity index (χ1v) is 9.54. The molecule has 1 heterocycles. The van der Waals surface area contributed by atoms with Crippen LogP contribution in [0.4, 0.5) is 0 Å². The summed E-state index contributed by atoms with van der Waals surface area (Å²) < 4.78 is 0. The topological polar surface area (TPSA) is 23.5 Å². The molecule has 2 fully saturated rings. The van der Waals surface area contributed by atoms with Gasteiger partial charge in [-0.05, 0) is 73.2 Å². The molecule has 2 unspecified atom stereocenters.